The summed E-state index contributed by atoms with van der Waals surface area (Å²) < 4.78 is 61.3. The molecule has 1 heterocycles. The van der Waals surface area contributed by atoms with Crippen molar-refractivity contribution in [1.29, 1.82) is 0 Å². The largest absolute Gasteiger partial charge is 0.511 e. The molecule has 0 atom stereocenters. The summed E-state index contributed by atoms with van der Waals surface area (Å²) in [6.07, 6.45) is 1.13. The third-order valence-corrected chi connectivity index (χ3v) is 5.98. The molecule has 1 aliphatic heterocycles. The van der Waals surface area contributed by atoms with E-state index < -0.39 is 15.5 Å². The van der Waals surface area contributed by atoms with Crippen LogP contribution >= 0.6 is 0 Å². The van der Waals surface area contributed by atoms with Gasteiger partial charge in [-0.05, 0) is 43.9 Å². The molecule has 158 valence electrons. The van der Waals surface area contributed by atoms with E-state index in [1.807, 2.05) is 13.0 Å². The smallest absolute Gasteiger partial charge is 0.508 e. The van der Waals surface area contributed by atoms with Crippen LogP contribution in [0.1, 0.15) is 25.3 Å². The number of halogens is 3. The number of rotatable bonds is 6. The normalized spacial score (nSPS) is 17.5. The highest BCUT2D eigenvalue weighted by Gasteiger charge is 2.50. The lowest BCUT2D eigenvalue weighted by Gasteiger charge is -2.32. The Hall–Kier alpha value is -2.01. The minimum Gasteiger partial charge on any atom is -0.508 e. The maximum Gasteiger partial charge on any atom is 0.511 e. The first kappa shape index (κ1) is 22.3. The predicted octanol–water partition coefficient (Wildman–Crippen LogP) is 1.80. The van der Waals surface area contributed by atoms with Gasteiger partial charge in [0, 0.05) is 32.2 Å². The second kappa shape index (κ2) is 9.46. The minimum atomic E-state index is -5.27. The highest BCUT2D eigenvalue weighted by molar-refractivity contribution is 7.90. The number of phenolic OH excluding ortho intramolecular Hbond substituents is 1. The summed E-state index contributed by atoms with van der Waals surface area (Å²) in [5.74, 6) is 0.715. The lowest BCUT2D eigenvalue weighted by atomic mass is 10.1. The molecule has 1 aliphatic rings. The van der Waals surface area contributed by atoms with Crippen molar-refractivity contribution in [1.82, 2.24) is 14.9 Å². The van der Waals surface area contributed by atoms with Gasteiger partial charge in [-0.3, -0.25) is 4.99 Å². The molecular formula is C17H25F3N4O3S. The lowest BCUT2D eigenvalue weighted by molar-refractivity contribution is -0.0494. The average Bonchev–Trinajstić information content (AvgIpc) is 2.61. The molecule has 0 amide bonds. The van der Waals surface area contributed by atoms with Crippen molar-refractivity contribution in [3.63, 3.8) is 0 Å². The molecule has 0 bridgehead atoms. The summed E-state index contributed by atoms with van der Waals surface area (Å²) in [5, 5.41) is 15.7. The number of sulfonamides is 1. The van der Waals surface area contributed by atoms with E-state index in [1.165, 1.54) is 0 Å². The number of phenols is 1. The van der Waals surface area contributed by atoms with Crippen LogP contribution in [0.5, 0.6) is 5.75 Å². The number of piperidine rings is 1. The zero-order valence-corrected chi connectivity index (χ0v) is 16.4. The Labute approximate surface area is 162 Å². The van der Waals surface area contributed by atoms with Crippen LogP contribution in [-0.4, -0.2) is 61.5 Å². The number of hydrogen-bond acceptors (Lipinski definition) is 4. The minimum absolute atomic E-state index is 0.168. The third-order valence-electron chi connectivity index (χ3n) is 4.35. The molecule has 11 heteroatoms. The molecule has 7 nitrogen and oxygen atoms in total. The van der Waals surface area contributed by atoms with Crippen molar-refractivity contribution in [3.05, 3.63) is 29.8 Å². The molecule has 0 radical (unpaired) electrons. The number of alkyl halides is 3. The van der Waals surface area contributed by atoms with E-state index in [1.54, 1.807) is 18.2 Å². The van der Waals surface area contributed by atoms with Crippen molar-refractivity contribution < 1.29 is 26.7 Å². The Morgan fingerprint density at radius 1 is 1.32 bits per heavy atom. The van der Waals surface area contributed by atoms with Gasteiger partial charge >= 0.3 is 15.5 Å². The van der Waals surface area contributed by atoms with E-state index in [2.05, 4.69) is 15.6 Å². The maximum absolute atomic E-state index is 12.6. The number of aromatic hydroxyl groups is 1. The number of guanidine groups is 1. The summed E-state index contributed by atoms with van der Waals surface area (Å²) in [4.78, 5) is 4.44. The van der Waals surface area contributed by atoms with Crippen LogP contribution in [0.3, 0.4) is 0 Å². The number of hydrogen-bond donors (Lipinski definition) is 3. The summed E-state index contributed by atoms with van der Waals surface area (Å²) in [5.41, 5.74) is -4.33. The molecule has 1 saturated heterocycles. The SMILES string of the molecule is CCNC(=NCCc1cccc(O)c1)NC1CCN(S(=O)(=O)C(F)(F)F)CC1. The van der Waals surface area contributed by atoms with Gasteiger partial charge in [-0.15, -0.1) is 0 Å². The van der Waals surface area contributed by atoms with Crippen molar-refractivity contribution in [3.8, 4) is 5.75 Å². The third kappa shape index (κ3) is 5.99. The van der Waals surface area contributed by atoms with Gasteiger partial charge in [0.2, 0.25) is 0 Å². The molecule has 2 rings (SSSR count). The fourth-order valence-corrected chi connectivity index (χ4v) is 3.89. The first-order valence-electron chi connectivity index (χ1n) is 9.02. The fraction of sp³-hybridized carbons (Fsp3) is 0.588. The van der Waals surface area contributed by atoms with Crippen LogP contribution in [-0.2, 0) is 16.4 Å². The number of aliphatic imine (C=N–C) groups is 1. The topological polar surface area (TPSA) is 94.0 Å². The Balaban J connectivity index is 1.89. The molecule has 3 N–H and O–H groups in total. The van der Waals surface area contributed by atoms with Crippen LogP contribution in [0.25, 0.3) is 0 Å². The van der Waals surface area contributed by atoms with Crippen LogP contribution in [0.15, 0.2) is 29.3 Å². The first-order valence-corrected chi connectivity index (χ1v) is 10.5. The van der Waals surface area contributed by atoms with E-state index in [0.29, 0.717) is 29.8 Å². The standard InChI is InChI=1S/C17H25F3N4O3S/c1-2-21-16(22-9-6-13-4-3-5-15(25)12-13)23-14-7-10-24(11-8-14)28(26,27)17(18,19)20/h3-5,12,14,25H,2,6-11H2,1H3,(H2,21,22,23). The second-order valence-corrected chi connectivity index (χ2v) is 8.38. The summed E-state index contributed by atoms with van der Waals surface area (Å²) in [7, 11) is -5.27. The van der Waals surface area contributed by atoms with Crippen molar-refractivity contribution in [2.75, 3.05) is 26.2 Å². The van der Waals surface area contributed by atoms with E-state index in [0.717, 1.165) is 5.56 Å². The highest BCUT2D eigenvalue weighted by atomic mass is 32.2. The molecular weight excluding hydrogens is 397 g/mol. The fourth-order valence-electron chi connectivity index (χ4n) is 2.91. The maximum atomic E-state index is 12.6. The number of nitrogens with zero attached hydrogens (tertiary/aromatic N) is 2. The lowest BCUT2D eigenvalue weighted by Crippen LogP contribution is -2.51. The van der Waals surface area contributed by atoms with Crippen LogP contribution in [0.2, 0.25) is 0 Å². The second-order valence-electron chi connectivity index (χ2n) is 6.45. The van der Waals surface area contributed by atoms with E-state index in [9.17, 15) is 26.7 Å². The van der Waals surface area contributed by atoms with Gasteiger partial charge in [0.15, 0.2) is 5.96 Å². The molecule has 0 unspecified atom stereocenters. The zero-order chi connectivity index (χ0) is 20.8. The summed E-state index contributed by atoms with van der Waals surface area (Å²) in [6.45, 7) is 2.58. The molecule has 1 fully saturated rings. The van der Waals surface area contributed by atoms with Gasteiger partial charge < -0.3 is 15.7 Å². The van der Waals surface area contributed by atoms with Crippen molar-refractivity contribution in [2.45, 2.75) is 37.7 Å². The predicted molar refractivity (Wildman–Crippen MR) is 100 cm³/mol. The monoisotopic (exact) mass is 422 g/mol. The van der Waals surface area contributed by atoms with Gasteiger partial charge in [-0.25, -0.2) is 8.42 Å². The molecule has 0 aliphatic carbocycles. The molecule has 0 saturated carbocycles. The highest BCUT2D eigenvalue weighted by Crippen LogP contribution is 2.28. The van der Waals surface area contributed by atoms with E-state index in [4.69, 9.17) is 0 Å². The number of nitrogens with one attached hydrogen (secondary N) is 2. The molecule has 1 aromatic rings. The quantitative estimate of drug-likeness (QED) is 0.480. The number of benzene rings is 1. The molecule has 1 aromatic carbocycles. The van der Waals surface area contributed by atoms with Crippen molar-refractivity contribution in [2.24, 2.45) is 4.99 Å². The molecule has 0 spiro atoms. The van der Waals surface area contributed by atoms with Crippen LogP contribution < -0.4 is 10.6 Å². The Bertz CT molecular complexity index is 776. The first-order chi connectivity index (χ1) is 13.1. The van der Waals surface area contributed by atoms with Gasteiger partial charge in [-0.1, -0.05) is 12.1 Å². The van der Waals surface area contributed by atoms with Gasteiger partial charge in [0.05, 0.1) is 0 Å². The zero-order valence-electron chi connectivity index (χ0n) is 15.5. The summed E-state index contributed by atoms with van der Waals surface area (Å²) in [6, 6.07) is 6.71. The van der Waals surface area contributed by atoms with Crippen molar-refractivity contribution >= 4 is 16.0 Å². The van der Waals surface area contributed by atoms with E-state index in [-0.39, 0.29) is 37.7 Å². The van der Waals surface area contributed by atoms with Gasteiger partial charge in [0.1, 0.15) is 5.75 Å². The van der Waals surface area contributed by atoms with Crippen LogP contribution in [0.4, 0.5) is 13.2 Å². The Morgan fingerprint density at radius 2 is 2.00 bits per heavy atom. The molecule has 28 heavy (non-hydrogen) atoms. The Morgan fingerprint density at radius 3 is 2.57 bits per heavy atom. The Kier molecular flexibility index (Phi) is 7.53. The average molecular weight is 422 g/mol. The van der Waals surface area contributed by atoms with Gasteiger partial charge in [0.25, 0.3) is 0 Å². The summed E-state index contributed by atoms with van der Waals surface area (Å²) >= 11 is 0. The van der Waals surface area contributed by atoms with Gasteiger partial charge in [-0.2, -0.15) is 17.5 Å². The van der Waals surface area contributed by atoms with E-state index >= 15 is 0 Å². The molecule has 0 aromatic heterocycles. The van der Waals surface area contributed by atoms with Crippen LogP contribution in [0, 0.1) is 0 Å².